The van der Waals surface area contributed by atoms with Gasteiger partial charge in [0, 0.05) is 23.3 Å². The number of hydrogen-bond acceptors (Lipinski definition) is 8. The molecule has 0 saturated heterocycles. The van der Waals surface area contributed by atoms with Crippen molar-refractivity contribution in [3.63, 3.8) is 0 Å². The van der Waals surface area contributed by atoms with Crippen LogP contribution in [0.2, 0.25) is 0 Å². The van der Waals surface area contributed by atoms with Gasteiger partial charge in [-0.2, -0.15) is 9.36 Å². The molecule has 31 heavy (non-hydrogen) atoms. The van der Waals surface area contributed by atoms with Crippen LogP contribution in [0.25, 0.3) is 22.1 Å². The predicted octanol–water partition coefficient (Wildman–Crippen LogP) is 2.46. The quantitative estimate of drug-likeness (QED) is 0.325. The summed E-state index contributed by atoms with van der Waals surface area (Å²) in [7, 11) is 0. The molecule has 11 nitrogen and oxygen atoms in total. The molecule has 0 saturated carbocycles. The summed E-state index contributed by atoms with van der Waals surface area (Å²) in [6.45, 7) is 0. The molecule has 0 aliphatic carbocycles. The SMILES string of the molecule is O=C(c1cc(C(=O)n2nnc3ccccc32)cc([N+](=O)[O-])c1)n1nnc2ccccc21. The molecule has 0 N–H and O–H groups in total. The molecule has 2 heterocycles. The molecule has 3 aromatic carbocycles. The summed E-state index contributed by atoms with van der Waals surface area (Å²) in [5, 5.41) is 27.0. The number of aromatic nitrogens is 6. The van der Waals surface area contributed by atoms with Gasteiger partial charge in [0.05, 0.1) is 16.0 Å². The zero-order valence-corrected chi connectivity index (χ0v) is 15.6. The topological polar surface area (TPSA) is 139 Å². The first-order valence-corrected chi connectivity index (χ1v) is 9.03. The highest BCUT2D eigenvalue weighted by Crippen LogP contribution is 2.21. The first-order valence-electron chi connectivity index (χ1n) is 9.03. The highest BCUT2D eigenvalue weighted by atomic mass is 16.6. The van der Waals surface area contributed by atoms with Crippen LogP contribution in [0.15, 0.2) is 66.7 Å². The van der Waals surface area contributed by atoms with Gasteiger partial charge in [-0.1, -0.05) is 34.7 Å². The Morgan fingerprint density at radius 2 is 1.19 bits per heavy atom. The fourth-order valence-corrected chi connectivity index (χ4v) is 3.25. The molecular weight excluding hydrogens is 402 g/mol. The minimum absolute atomic E-state index is 0.0855. The van der Waals surface area contributed by atoms with Gasteiger partial charge in [0.25, 0.3) is 17.5 Å². The van der Waals surface area contributed by atoms with Crippen molar-refractivity contribution in [1.82, 2.24) is 30.0 Å². The van der Waals surface area contributed by atoms with Gasteiger partial charge in [0.15, 0.2) is 0 Å². The summed E-state index contributed by atoms with van der Waals surface area (Å²) >= 11 is 0. The molecule has 0 fully saturated rings. The van der Waals surface area contributed by atoms with Crippen molar-refractivity contribution >= 4 is 39.6 Å². The molecule has 5 aromatic rings. The summed E-state index contributed by atoms with van der Waals surface area (Å²) in [6, 6.07) is 17.1. The first kappa shape index (κ1) is 18.2. The Morgan fingerprint density at radius 1 is 0.742 bits per heavy atom. The monoisotopic (exact) mass is 413 g/mol. The van der Waals surface area contributed by atoms with Crippen molar-refractivity contribution in [3.8, 4) is 0 Å². The van der Waals surface area contributed by atoms with Crippen molar-refractivity contribution in [1.29, 1.82) is 0 Å². The zero-order valence-electron chi connectivity index (χ0n) is 15.6. The highest BCUT2D eigenvalue weighted by Gasteiger charge is 2.23. The summed E-state index contributed by atoms with van der Waals surface area (Å²) in [5.74, 6) is -1.32. The standard InChI is InChI=1S/C20H11N7O4/c28-19(25-17-7-3-1-5-15(17)21-23-25)12-9-13(11-14(10-12)27(30)31)20(29)26-18-8-4-2-6-16(18)22-24-26/h1-11H. The summed E-state index contributed by atoms with van der Waals surface area (Å²) in [4.78, 5) is 36.9. The van der Waals surface area contributed by atoms with E-state index in [1.54, 1.807) is 48.5 Å². The second-order valence-corrected chi connectivity index (χ2v) is 6.62. The fourth-order valence-electron chi connectivity index (χ4n) is 3.25. The number of para-hydroxylation sites is 2. The van der Waals surface area contributed by atoms with Gasteiger partial charge in [0.2, 0.25) is 0 Å². The van der Waals surface area contributed by atoms with Gasteiger partial charge in [-0.15, -0.1) is 10.2 Å². The van der Waals surface area contributed by atoms with Crippen LogP contribution in [-0.2, 0) is 0 Å². The lowest BCUT2D eigenvalue weighted by atomic mass is 10.1. The van der Waals surface area contributed by atoms with Crippen LogP contribution in [-0.4, -0.2) is 46.7 Å². The molecule has 5 rings (SSSR count). The van der Waals surface area contributed by atoms with Gasteiger partial charge >= 0.3 is 0 Å². The van der Waals surface area contributed by atoms with Crippen LogP contribution in [0.3, 0.4) is 0 Å². The second kappa shape index (κ2) is 6.91. The number of rotatable bonds is 3. The summed E-state index contributed by atoms with van der Waals surface area (Å²) in [6.07, 6.45) is 0. The number of nitrogens with zero attached hydrogens (tertiary/aromatic N) is 7. The number of nitro benzene ring substituents is 1. The van der Waals surface area contributed by atoms with E-state index in [0.29, 0.717) is 22.1 Å². The van der Waals surface area contributed by atoms with Crippen molar-refractivity contribution < 1.29 is 14.5 Å². The van der Waals surface area contributed by atoms with Crippen LogP contribution in [0, 0.1) is 10.1 Å². The third-order valence-electron chi connectivity index (χ3n) is 4.71. The van der Waals surface area contributed by atoms with Crippen LogP contribution in [0.4, 0.5) is 5.69 Å². The average molecular weight is 413 g/mol. The largest absolute Gasteiger partial charge is 0.280 e. The molecule has 0 bridgehead atoms. The third-order valence-corrected chi connectivity index (χ3v) is 4.71. The van der Waals surface area contributed by atoms with E-state index in [9.17, 15) is 19.7 Å². The van der Waals surface area contributed by atoms with Crippen LogP contribution < -0.4 is 0 Å². The number of nitro groups is 1. The Kier molecular flexibility index (Phi) is 4.07. The van der Waals surface area contributed by atoms with Crippen molar-refractivity contribution in [3.05, 3.63) is 88.0 Å². The number of benzene rings is 3. The molecule has 0 atom stereocenters. The first-order chi connectivity index (χ1) is 15.0. The summed E-state index contributed by atoms with van der Waals surface area (Å²) in [5.41, 5.74) is 1.28. The van der Waals surface area contributed by atoms with E-state index < -0.39 is 22.4 Å². The van der Waals surface area contributed by atoms with E-state index in [0.717, 1.165) is 21.5 Å². The van der Waals surface area contributed by atoms with E-state index in [1.807, 2.05) is 0 Å². The highest BCUT2D eigenvalue weighted by molar-refractivity contribution is 6.05. The maximum Gasteiger partial charge on any atom is 0.280 e. The Morgan fingerprint density at radius 3 is 1.65 bits per heavy atom. The van der Waals surface area contributed by atoms with Crippen LogP contribution >= 0.6 is 0 Å². The lowest BCUT2D eigenvalue weighted by Crippen LogP contribution is -2.18. The van der Waals surface area contributed by atoms with Gasteiger partial charge in [-0.3, -0.25) is 19.7 Å². The van der Waals surface area contributed by atoms with E-state index in [-0.39, 0.29) is 11.1 Å². The van der Waals surface area contributed by atoms with Crippen molar-refractivity contribution in [2.75, 3.05) is 0 Å². The van der Waals surface area contributed by atoms with Gasteiger partial charge in [-0.05, 0) is 30.3 Å². The van der Waals surface area contributed by atoms with E-state index in [2.05, 4.69) is 20.6 Å². The molecule has 0 spiro atoms. The molecule has 0 aliphatic rings. The van der Waals surface area contributed by atoms with Gasteiger partial charge in [0.1, 0.15) is 11.0 Å². The molecule has 0 radical (unpaired) electrons. The molecular formula is C20H11N7O4. The van der Waals surface area contributed by atoms with E-state index in [4.69, 9.17) is 0 Å². The number of hydrogen-bond donors (Lipinski definition) is 0. The molecule has 0 amide bonds. The Hall–Kier alpha value is -4.80. The molecule has 150 valence electrons. The van der Waals surface area contributed by atoms with Crippen molar-refractivity contribution in [2.24, 2.45) is 0 Å². The maximum atomic E-state index is 13.1. The summed E-state index contributed by atoms with van der Waals surface area (Å²) < 4.78 is 2.07. The Balaban J connectivity index is 1.63. The smallest absolute Gasteiger partial charge is 0.267 e. The molecule has 11 heteroatoms. The molecule has 2 aromatic heterocycles. The number of non-ortho nitro benzene ring substituents is 1. The van der Waals surface area contributed by atoms with Crippen LogP contribution in [0.1, 0.15) is 20.7 Å². The lowest BCUT2D eigenvalue weighted by molar-refractivity contribution is -0.384. The number of carbonyl (C=O) groups is 2. The minimum atomic E-state index is -0.674. The van der Waals surface area contributed by atoms with Crippen molar-refractivity contribution in [2.45, 2.75) is 0 Å². The lowest BCUT2D eigenvalue weighted by Gasteiger charge is -2.06. The molecule has 0 unspecified atom stereocenters. The number of fused-ring (bicyclic) bond motifs is 2. The Labute approximate surface area is 172 Å². The predicted molar refractivity (Wildman–Crippen MR) is 108 cm³/mol. The second-order valence-electron chi connectivity index (χ2n) is 6.62. The van der Waals surface area contributed by atoms with E-state index >= 15 is 0 Å². The maximum absolute atomic E-state index is 13.1. The fraction of sp³-hybridized carbons (Fsp3) is 0. The third kappa shape index (κ3) is 3.00. The van der Waals surface area contributed by atoms with Crippen LogP contribution in [0.5, 0.6) is 0 Å². The number of carbonyl (C=O) groups excluding carboxylic acids is 2. The normalized spacial score (nSPS) is 11.1. The van der Waals surface area contributed by atoms with Gasteiger partial charge in [-0.25, -0.2) is 0 Å². The van der Waals surface area contributed by atoms with Gasteiger partial charge < -0.3 is 0 Å². The Bertz CT molecular complexity index is 1410. The average Bonchev–Trinajstić information content (AvgIpc) is 3.42. The molecule has 0 aliphatic heterocycles. The van der Waals surface area contributed by atoms with E-state index in [1.165, 1.54) is 6.07 Å². The minimum Gasteiger partial charge on any atom is -0.267 e. The zero-order chi connectivity index (χ0) is 21.5.